The summed E-state index contributed by atoms with van der Waals surface area (Å²) in [6.07, 6.45) is 3.62. The van der Waals surface area contributed by atoms with Gasteiger partial charge in [0.2, 0.25) is 0 Å². The molecule has 1 atom stereocenters. The number of nitrogens with two attached hydrogens (primary N) is 1. The van der Waals surface area contributed by atoms with Crippen LogP contribution in [0.5, 0.6) is 0 Å². The van der Waals surface area contributed by atoms with Crippen LogP contribution in [-0.2, 0) is 16.6 Å². The Balaban J connectivity index is 2.08. The zero-order valence-corrected chi connectivity index (χ0v) is 11.9. The van der Waals surface area contributed by atoms with Gasteiger partial charge in [-0.05, 0) is 25.5 Å². The standard InChI is InChI=1S/C10H18N4O2S2/c1-10(3-2-4-17-10)7-13-18(15,16)9-8(5-11)6-12-14-9/h6,13H,2-5,7,11H2,1H3,(H,12,14). The molecule has 0 spiro atoms. The maximum absolute atomic E-state index is 12.1. The molecule has 102 valence electrons. The van der Waals surface area contributed by atoms with Crippen molar-refractivity contribution in [1.82, 2.24) is 14.9 Å². The van der Waals surface area contributed by atoms with Gasteiger partial charge in [-0.15, -0.1) is 0 Å². The van der Waals surface area contributed by atoms with Crippen LogP contribution < -0.4 is 10.5 Å². The van der Waals surface area contributed by atoms with Crippen LogP contribution in [0.15, 0.2) is 11.2 Å². The van der Waals surface area contributed by atoms with E-state index in [4.69, 9.17) is 5.73 Å². The van der Waals surface area contributed by atoms with Crippen LogP contribution in [0, 0.1) is 0 Å². The van der Waals surface area contributed by atoms with Gasteiger partial charge < -0.3 is 5.73 Å². The summed E-state index contributed by atoms with van der Waals surface area (Å²) in [5.41, 5.74) is 5.99. The van der Waals surface area contributed by atoms with Crippen molar-refractivity contribution in [1.29, 1.82) is 0 Å². The van der Waals surface area contributed by atoms with Gasteiger partial charge in [-0.1, -0.05) is 0 Å². The van der Waals surface area contributed by atoms with Crippen molar-refractivity contribution in [3.05, 3.63) is 11.8 Å². The molecule has 0 saturated carbocycles. The molecule has 0 amide bonds. The number of H-pyrrole nitrogens is 1. The molecule has 18 heavy (non-hydrogen) atoms. The summed E-state index contributed by atoms with van der Waals surface area (Å²) in [6.45, 7) is 2.67. The van der Waals surface area contributed by atoms with E-state index in [0.29, 0.717) is 12.1 Å². The van der Waals surface area contributed by atoms with Gasteiger partial charge in [-0.3, -0.25) is 5.10 Å². The van der Waals surface area contributed by atoms with E-state index in [0.717, 1.165) is 18.6 Å². The highest BCUT2D eigenvalue weighted by Gasteiger charge is 2.31. The number of aromatic nitrogens is 2. The lowest BCUT2D eigenvalue weighted by Gasteiger charge is -2.22. The molecule has 2 heterocycles. The highest BCUT2D eigenvalue weighted by Crippen LogP contribution is 2.37. The van der Waals surface area contributed by atoms with Gasteiger partial charge in [0.15, 0.2) is 5.03 Å². The first-order valence-corrected chi connectivity index (χ1v) is 8.30. The summed E-state index contributed by atoms with van der Waals surface area (Å²) in [5, 5.41) is 6.30. The number of nitrogens with one attached hydrogen (secondary N) is 2. The van der Waals surface area contributed by atoms with E-state index in [2.05, 4.69) is 21.8 Å². The van der Waals surface area contributed by atoms with Gasteiger partial charge in [0.1, 0.15) is 0 Å². The van der Waals surface area contributed by atoms with Gasteiger partial charge in [0.25, 0.3) is 10.0 Å². The smallest absolute Gasteiger partial charge is 0.257 e. The summed E-state index contributed by atoms with van der Waals surface area (Å²) < 4.78 is 26.9. The SMILES string of the molecule is CC1(CNS(=O)(=O)c2[nH]ncc2CN)CCCS1. The third-order valence-corrected chi connectivity index (χ3v) is 6.06. The molecule has 1 aliphatic rings. The largest absolute Gasteiger partial charge is 0.326 e. The first-order valence-electron chi connectivity index (χ1n) is 5.83. The molecule has 1 aliphatic heterocycles. The molecule has 4 N–H and O–H groups in total. The Hall–Kier alpha value is -0.570. The lowest BCUT2D eigenvalue weighted by molar-refractivity contribution is 0.548. The van der Waals surface area contributed by atoms with E-state index in [1.807, 2.05) is 11.8 Å². The first-order chi connectivity index (χ1) is 8.47. The third kappa shape index (κ3) is 2.87. The lowest BCUT2D eigenvalue weighted by atomic mass is 10.1. The second-order valence-electron chi connectivity index (χ2n) is 4.65. The van der Waals surface area contributed by atoms with Gasteiger partial charge in [0, 0.05) is 23.4 Å². The fraction of sp³-hybridized carbons (Fsp3) is 0.700. The first kappa shape index (κ1) is 13.9. The molecule has 0 aliphatic carbocycles. The molecule has 8 heteroatoms. The van der Waals surface area contributed by atoms with Crippen molar-refractivity contribution in [2.75, 3.05) is 12.3 Å². The summed E-state index contributed by atoms with van der Waals surface area (Å²) in [7, 11) is -3.55. The highest BCUT2D eigenvalue weighted by atomic mass is 32.2. The molecule has 1 fully saturated rings. The molecule has 1 aromatic heterocycles. The third-order valence-electron chi connectivity index (χ3n) is 3.10. The Morgan fingerprint density at radius 3 is 3.06 bits per heavy atom. The molecular formula is C10H18N4O2S2. The Morgan fingerprint density at radius 2 is 2.44 bits per heavy atom. The van der Waals surface area contributed by atoms with E-state index >= 15 is 0 Å². The fourth-order valence-electron chi connectivity index (χ4n) is 1.97. The molecule has 1 aromatic rings. The predicted molar refractivity (Wildman–Crippen MR) is 71.8 cm³/mol. The van der Waals surface area contributed by atoms with Crippen molar-refractivity contribution in [2.24, 2.45) is 5.73 Å². The molecule has 0 radical (unpaired) electrons. The Labute approximate surface area is 111 Å². The fourth-order valence-corrected chi connectivity index (χ4v) is 4.62. The van der Waals surface area contributed by atoms with Crippen molar-refractivity contribution >= 4 is 21.8 Å². The van der Waals surface area contributed by atoms with Crippen LogP contribution >= 0.6 is 11.8 Å². The number of hydrogen-bond acceptors (Lipinski definition) is 5. The lowest BCUT2D eigenvalue weighted by Crippen LogP contribution is -2.37. The van der Waals surface area contributed by atoms with E-state index in [-0.39, 0.29) is 16.3 Å². The number of thioether (sulfide) groups is 1. The molecule has 0 aromatic carbocycles. The Kier molecular flexibility index (Phi) is 4.00. The zero-order valence-electron chi connectivity index (χ0n) is 10.3. The van der Waals surface area contributed by atoms with Crippen molar-refractivity contribution in [3.8, 4) is 0 Å². The van der Waals surface area contributed by atoms with Crippen LogP contribution in [-0.4, -0.2) is 35.7 Å². The zero-order chi connectivity index (χ0) is 13.2. The average Bonchev–Trinajstić information content (AvgIpc) is 2.96. The second kappa shape index (κ2) is 5.20. The molecule has 2 rings (SSSR count). The highest BCUT2D eigenvalue weighted by molar-refractivity contribution is 8.01. The van der Waals surface area contributed by atoms with Crippen molar-refractivity contribution < 1.29 is 8.42 Å². The molecule has 1 unspecified atom stereocenters. The summed E-state index contributed by atoms with van der Waals surface area (Å²) >= 11 is 1.82. The van der Waals surface area contributed by atoms with E-state index in [1.54, 1.807) is 0 Å². The van der Waals surface area contributed by atoms with E-state index in [9.17, 15) is 8.42 Å². The quantitative estimate of drug-likeness (QED) is 0.730. The topological polar surface area (TPSA) is 101 Å². The van der Waals surface area contributed by atoms with Crippen LogP contribution in [0.25, 0.3) is 0 Å². The maximum Gasteiger partial charge on any atom is 0.257 e. The van der Waals surface area contributed by atoms with Gasteiger partial charge in [-0.2, -0.15) is 16.9 Å². The normalized spacial score (nSPS) is 24.6. The Morgan fingerprint density at radius 1 is 1.67 bits per heavy atom. The van der Waals surface area contributed by atoms with Gasteiger partial charge >= 0.3 is 0 Å². The van der Waals surface area contributed by atoms with Gasteiger partial charge in [0.05, 0.1) is 6.20 Å². The van der Waals surface area contributed by atoms with Crippen LogP contribution in [0.2, 0.25) is 0 Å². The monoisotopic (exact) mass is 290 g/mol. The van der Waals surface area contributed by atoms with E-state index in [1.165, 1.54) is 6.20 Å². The minimum atomic E-state index is -3.55. The van der Waals surface area contributed by atoms with Crippen molar-refractivity contribution in [2.45, 2.75) is 36.1 Å². The number of nitrogens with zero attached hydrogens (tertiary/aromatic N) is 1. The second-order valence-corrected chi connectivity index (χ2v) is 8.04. The predicted octanol–water partition coefficient (Wildman–Crippen LogP) is 0.432. The molecular weight excluding hydrogens is 272 g/mol. The maximum atomic E-state index is 12.1. The van der Waals surface area contributed by atoms with Crippen LogP contribution in [0.3, 0.4) is 0 Å². The summed E-state index contributed by atoms with van der Waals surface area (Å²) in [5.74, 6) is 1.09. The van der Waals surface area contributed by atoms with Crippen molar-refractivity contribution in [3.63, 3.8) is 0 Å². The minimum Gasteiger partial charge on any atom is -0.326 e. The number of aromatic amines is 1. The Bertz CT molecular complexity index is 506. The van der Waals surface area contributed by atoms with Crippen LogP contribution in [0.4, 0.5) is 0 Å². The summed E-state index contributed by atoms with van der Waals surface area (Å²) in [4.78, 5) is 0. The molecule has 0 bridgehead atoms. The van der Waals surface area contributed by atoms with E-state index < -0.39 is 10.0 Å². The molecule has 6 nitrogen and oxygen atoms in total. The minimum absolute atomic E-state index is 0.00400. The number of sulfonamides is 1. The number of rotatable bonds is 5. The molecule has 1 saturated heterocycles. The number of hydrogen-bond donors (Lipinski definition) is 3. The van der Waals surface area contributed by atoms with Crippen LogP contribution in [0.1, 0.15) is 25.3 Å². The average molecular weight is 290 g/mol. The van der Waals surface area contributed by atoms with Gasteiger partial charge in [-0.25, -0.2) is 13.1 Å². The summed E-state index contributed by atoms with van der Waals surface area (Å²) in [6, 6.07) is 0.